The van der Waals surface area contributed by atoms with Crippen molar-refractivity contribution in [2.24, 2.45) is 5.92 Å². The summed E-state index contributed by atoms with van der Waals surface area (Å²) >= 11 is 1.34. The lowest BCUT2D eigenvalue weighted by molar-refractivity contribution is -0.120. The molecule has 2 aromatic carbocycles. The predicted molar refractivity (Wildman–Crippen MR) is 121 cm³/mol. The van der Waals surface area contributed by atoms with Crippen LogP contribution in [-0.2, 0) is 14.8 Å². The number of carbonyl (C=O) groups excluding carboxylic acids is 1. The molecule has 0 spiro atoms. The first-order valence-corrected chi connectivity index (χ1v) is 12.6. The second-order valence-electron chi connectivity index (χ2n) is 7.49. The minimum Gasteiger partial charge on any atom is -0.325 e. The molecule has 3 aromatic rings. The second-order valence-corrected chi connectivity index (χ2v) is 10.3. The highest BCUT2D eigenvalue weighted by molar-refractivity contribution is 7.88. The van der Waals surface area contributed by atoms with Crippen molar-refractivity contribution < 1.29 is 17.6 Å². The lowest BCUT2D eigenvalue weighted by atomic mass is 9.97. The van der Waals surface area contributed by atoms with Crippen LogP contribution in [0.5, 0.6) is 0 Å². The van der Waals surface area contributed by atoms with Gasteiger partial charge in [0.05, 0.1) is 17.6 Å². The van der Waals surface area contributed by atoms with E-state index in [1.165, 1.54) is 28.0 Å². The maximum Gasteiger partial charge on any atom is 0.227 e. The van der Waals surface area contributed by atoms with Crippen molar-refractivity contribution in [3.05, 3.63) is 59.7 Å². The Balaban J connectivity index is 1.51. The molecule has 4 rings (SSSR count). The maximum atomic E-state index is 14.1. The highest BCUT2D eigenvalue weighted by Gasteiger charge is 2.29. The van der Waals surface area contributed by atoms with Gasteiger partial charge in [0.25, 0.3) is 0 Å². The number of nitrogens with zero attached hydrogens (tertiary/aromatic N) is 2. The Morgan fingerprint density at radius 3 is 2.42 bits per heavy atom. The summed E-state index contributed by atoms with van der Waals surface area (Å²) in [5.41, 5.74) is 2.48. The monoisotopic (exact) mass is 459 g/mol. The smallest absolute Gasteiger partial charge is 0.227 e. The quantitative estimate of drug-likeness (QED) is 0.619. The molecular weight excluding hydrogens is 437 g/mol. The number of anilines is 1. The van der Waals surface area contributed by atoms with Crippen molar-refractivity contribution in [1.82, 2.24) is 9.29 Å². The molecule has 0 saturated carbocycles. The first-order valence-electron chi connectivity index (χ1n) is 9.89. The molecule has 0 atom stereocenters. The van der Waals surface area contributed by atoms with E-state index in [-0.39, 0.29) is 17.6 Å². The van der Waals surface area contributed by atoms with Crippen LogP contribution in [0.15, 0.2) is 53.9 Å². The summed E-state index contributed by atoms with van der Waals surface area (Å²) in [5.74, 6) is -0.717. The van der Waals surface area contributed by atoms with Gasteiger partial charge in [0.15, 0.2) is 0 Å². The molecule has 1 amide bonds. The number of halogens is 1. The first kappa shape index (κ1) is 21.6. The minimum atomic E-state index is -3.23. The molecule has 1 saturated heterocycles. The number of nitrogens with one attached hydrogen (secondary N) is 1. The fraction of sp³-hybridized carbons (Fsp3) is 0.273. The van der Waals surface area contributed by atoms with Gasteiger partial charge in [-0.25, -0.2) is 22.1 Å². The molecule has 162 valence electrons. The van der Waals surface area contributed by atoms with Crippen molar-refractivity contribution >= 4 is 33.0 Å². The van der Waals surface area contributed by atoms with Gasteiger partial charge in [0.1, 0.15) is 10.8 Å². The third kappa shape index (κ3) is 4.84. The third-order valence-electron chi connectivity index (χ3n) is 5.36. The van der Waals surface area contributed by atoms with Gasteiger partial charge in [-0.1, -0.05) is 30.3 Å². The van der Waals surface area contributed by atoms with E-state index in [1.807, 2.05) is 23.6 Å². The standard InChI is InChI=1S/C22H22FN3O3S2/c1-31(28,29)26-12-10-15(11-13-26)21(27)24-19-9-5-3-7-17(19)20-14-30-22(25-20)16-6-2-4-8-18(16)23/h2-9,14-15H,10-13H2,1H3,(H,24,27). The van der Waals surface area contributed by atoms with E-state index in [2.05, 4.69) is 10.3 Å². The van der Waals surface area contributed by atoms with Gasteiger partial charge in [0, 0.05) is 35.5 Å². The van der Waals surface area contributed by atoms with E-state index in [0.717, 1.165) is 5.56 Å². The summed E-state index contributed by atoms with van der Waals surface area (Å²) in [6, 6.07) is 13.9. The van der Waals surface area contributed by atoms with Gasteiger partial charge in [-0.15, -0.1) is 11.3 Å². The number of carbonyl (C=O) groups is 1. The van der Waals surface area contributed by atoms with E-state index >= 15 is 0 Å². The number of hydrogen-bond acceptors (Lipinski definition) is 5. The van der Waals surface area contributed by atoms with Crippen molar-refractivity contribution in [3.8, 4) is 21.8 Å². The van der Waals surface area contributed by atoms with Crippen LogP contribution < -0.4 is 5.32 Å². The zero-order valence-electron chi connectivity index (χ0n) is 16.9. The van der Waals surface area contributed by atoms with E-state index in [0.29, 0.717) is 47.9 Å². The highest BCUT2D eigenvalue weighted by Crippen LogP contribution is 2.34. The van der Waals surface area contributed by atoms with Crippen LogP contribution in [-0.4, -0.2) is 43.0 Å². The van der Waals surface area contributed by atoms with E-state index < -0.39 is 10.0 Å². The molecule has 1 fully saturated rings. The minimum absolute atomic E-state index is 0.134. The fourth-order valence-corrected chi connectivity index (χ4v) is 5.38. The number of sulfonamides is 1. The molecule has 1 aliphatic heterocycles. The molecule has 0 bridgehead atoms. The Kier molecular flexibility index (Phi) is 6.17. The summed E-state index contributed by atoms with van der Waals surface area (Å²) in [5, 5.41) is 5.39. The Labute approximate surface area is 184 Å². The second kappa shape index (κ2) is 8.86. The lowest BCUT2D eigenvalue weighted by Crippen LogP contribution is -2.40. The van der Waals surface area contributed by atoms with Crippen molar-refractivity contribution in [3.63, 3.8) is 0 Å². The highest BCUT2D eigenvalue weighted by atomic mass is 32.2. The largest absolute Gasteiger partial charge is 0.325 e. The average Bonchev–Trinajstić information content (AvgIpc) is 3.24. The fourth-order valence-electron chi connectivity index (χ4n) is 3.66. The number of rotatable bonds is 5. The van der Waals surface area contributed by atoms with Crippen LogP contribution in [0.25, 0.3) is 21.8 Å². The van der Waals surface area contributed by atoms with Crippen LogP contribution in [0.1, 0.15) is 12.8 Å². The zero-order valence-corrected chi connectivity index (χ0v) is 18.5. The molecule has 0 aliphatic carbocycles. The lowest BCUT2D eigenvalue weighted by Gasteiger charge is -2.29. The molecule has 1 aromatic heterocycles. The Bertz CT molecular complexity index is 1200. The number of thiazole rings is 1. The average molecular weight is 460 g/mol. The number of benzene rings is 2. The topological polar surface area (TPSA) is 79.4 Å². The summed E-state index contributed by atoms with van der Waals surface area (Å²) in [7, 11) is -3.23. The SMILES string of the molecule is CS(=O)(=O)N1CCC(C(=O)Nc2ccccc2-c2csc(-c3ccccc3F)n2)CC1. The molecule has 0 unspecified atom stereocenters. The molecule has 6 nitrogen and oxygen atoms in total. The Hall–Kier alpha value is -2.62. The Morgan fingerprint density at radius 2 is 1.74 bits per heavy atom. The number of amides is 1. The van der Waals surface area contributed by atoms with Crippen LogP contribution in [0.3, 0.4) is 0 Å². The van der Waals surface area contributed by atoms with Crippen LogP contribution in [0, 0.1) is 11.7 Å². The first-order chi connectivity index (χ1) is 14.8. The van der Waals surface area contributed by atoms with Crippen molar-refractivity contribution in [2.75, 3.05) is 24.7 Å². The van der Waals surface area contributed by atoms with Crippen LogP contribution in [0.4, 0.5) is 10.1 Å². The summed E-state index contributed by atoms with van der Waals surface area (Å²) in [6.45, 7) is 0.688. The van der Waals surface area contributed by atoms with Crippen LogP contribution in [0.2, 0.25) is 0 Å². The summed E-state index contributed by atoms with van der Waals surface area (Å²) < 4.78 is 38.9. The molecule has 1 N–H and O–H groups in total. The molecule has 0 radical (unpaired) electrons. The van der Waals surface area contributed by atoms with Gasteiger partial charge in [0.2, 0.25) is 15.9 Å². The Morgan fingerprint density at radius 1 is 1.10 bits per heavy atom. The van der Waals surface area contributed by atoms with Gasteiger partial charge >= 0.3 is 0 Å². The molecule has 2 heterocycles. The van der Waals surface area contributed by atoms with Crippen molar-refractivity contribution in [2.45, 2.75) is 12.8 Å². The third-order valence-corrected chi connectivity index (χ3v) is 7.54. The molecule has 1 aliphatic rings. The van der Waals surface area contributed by atoms with E-state index in [4.69, 9.17) is 0 Å². The number of aromatic nitrogens is 1. The normalized spacial score (nSPS) is 15.7. The van der Waals surface area contributed by atoms with Gasteiger partial charge in [-0.2, -0.15) is 0 Å². The van der Waals surface area contributed by atoms with Gasteiger partial charge in [-0.3, -0.25) is 4.79 Å². The zero-order chi connectivity index (χ0) is 22.0. The number of hydrogen-bond donors (Lipinski definition) is 1. The summed E-state index contributed by atoms with van der Waals surface area (Å²) in [4.78, 5) is 17.4. The van der Waals surface area contributed by atoms with Gasteiger partial charge < -0.3 is 5.32 Å². The number of piperidine rings is 1. The summed E-state index contributed by atoms with van der Waals surface area (Å²) in [6.07, 6.45) is 2.15. The van der Waals surface area contributed by atoms with E-state index in [9.17, 15) is 17.6 Å². The molecule has 9 heteroatoms. The number of para-hydroxylation sites is 1. The van der Waals surface area contributed by atoms with Gasteiger partial charge in [-0.05, 0) is 31.0 Å². The van der Waals surface area contributed by atoms with E-state index in [1.54, 1.807) is 24.3 Å². The van der Waals surface area contributed by atoms with Crippen LogP contribution >= 0.6 is 11.3 Å². The maximum absolute atomic E-state index is 14.1. The van der Waals surface area contributed by atoms with Crippen molar-refractivity contribution in [1.29, 1.82) is 0 Å². The predicted octanol–water partition coefficient (Wildman–Crippen LogP) is 4.23. The molecular formula is C22H22FN3O3S2. The molecule has 31 heavy (non-hydrogen) atoms.